The Morgan fingerprint density at radius 3 is 3.16 bits per heavy atom. The molecule has 0 aromatic carbocycles. The van der Waals surface area contributed by atoms with Crippen molar-refractivity contribution in [2.45, 2.75) is 38.6 Å². The number of carbonyl (C=O) groups is 1. The van der Waals surface area contributed by atoms with E-state index in [0.29, 0.717) is 6.42 Å². The maximum atomic E-state index is 11.7. The smallest absolute Gasteiger partial charge is 0.220 e. The highest BCUT2D eigenvalue weighted by atomic mass is 79.9. The molecule has 1 saturated heterocycles. The average molecular weight is 326 g/mol. The minimum atomic E-state index is 0.168. The molecule has 2 rings (SSSR count). The fraction of sp³-hybridized carbons (Fsp3) is 0.571. The van der Waals surface area contributed by atoms with Crippen LogP contribution < -0.4 is 10.2 Å². The third-order valence-corrected chi connectivity index (χ3v) is 3.75. The van der Waals surface area contributed by atoms with Crippen LogP contribution in [0.3, 0.4) is 0 Å². The normalized spacial score (nSPS) is 19.3. The van der Waals surface area contributed by atoms with Gasteiger partial charge in [0.15, 0.2) is 0 Å². The monoisotopic (exact) mass is 325 g/mol. The SMILES string of the molecule is CCCC(=O)N[C@H]1CCCN(c2cncc(Br)c2)C1. The molecule has 1 aliphatic heterocycles. The summed E-state index contributed by atoms with van der Waals surface area (Å²) in [5, 5.41) is 3.12. The predicted octanol–water partition coefficient (Wildman–Crippen LogP) is 2.73. The van der Waals surface area contributed by atoms with Crippen LogP contribution in [-0.2, 0) is 4.79 Å². The molecule has 0 spiro atoms. The lowest BCUT2D eigenvalue weighted by atomic mass is 10.0. The molecule has 4 nitrogen and oxygen atoms in total. The Balaban J connectivity index is 1.95. The van der Waals surface area contributed by atoms with Gasteiger partial charge in [0.25, 0.3) is 0 Å². The molecule has 1 N–H and O–H groups in total. The number of piperidine rings is 1. The molecule has 0 radical (unpaired) electrons. The van der Waals surface area contributed by atoms with Crippen molar-refractivity contribution in [2.24, 2.45) is 0 Å². The third-order valence-electron chi connectivity index (χ3n) is 3.32. The summed E-state index contributed by atoms with van der Waals surface area (Å²) in [4.78, 5) is 18.1. The van der Waals surface area contributed by atoms with E-state index >= 15 is 0 Å². The van der Waals surface area contributed by atoms with Crippen LogP contribution in [0, 0.1) is 0 Å². The first kappa shape index (κ1) is 14.3. The molecule has 0 bridgehead atoms. The van der Waals surface area contributed by atoms with Crippen LogP contribution in [0.25, 0.3) is 0 Å². The average Bonchev–Trinajstić information content (AvgIpc) is 2.39. The first-order valence-electron chi connectivity index (χ1n) is 6.84. The first-order valence-corrected chi connectivity index (χ1v) is 7.63. The molecule has 1 amide bonds. The molecule has 2 heterocycles. The van der Waals surface area contributed by atoms with Gasteiger partial charge < -0.3 is 10.2 Å². The highest BCUT2D eigenvalue weighted by Crippen LogP contribution is 2.22. The topological polar surface area (TPSA) is 45.2 Å². The van der Waals surface area contributed by atoms with Gasteiger partial charge in [0.2, 0.25) is 5.91 Å². The largest absolute Gasteiger partial charge is 0.368 e. The minimum Gasteiger partial charge on any atom is -0.368 e. The van der Waals surface area contributed by atoms with E-state index in [1.807, 2.05) is 13.1 Å². The van der Waals surface area contributed by atoms with Gasteiger partial charge in [-0.25, -0.2) is 0 Å². The Morgan fingerprint density at radius 1 is 1.58 bits per heavy atom. The summed E-state index contributed by atoms with van der Waals surface area (Å²) in [6, 6.07) is 2.33. The molecule has 19 heavy (non-hydrogen) atoms. The number of hydrogen-bond donors (Lipinski definition) is 1. The van der Waals surface area contributed by atoms with Gasteiger partial charge in [-0.3, -0.25) is 9.78 Å². The highest BCUT2D eigenvalue weighted by Gasteiger charge is 2.21. The van der Waals surface area contributed by atoms with E-state index < -0.39 is 0 Å². The Labute approximate surface area is 122 Å². The lowest BCUT2D eigenvalue weighted by molar-refractivity contribution is -0.121. The zero-order valence-corrected chi connectivity index (χ0v) is 12.8. The van der Waals surface area contributed by atoms with Crippen molar-refractivity contribution in [1.29, 1.82) is 0 Å². The van der Waals surface area contributed by atoms with E-state index in [4.69, 9.17) is 0 Å². The summed E-state index contributed by atoms with van der Waals surface area (Å²) in [7, 11) is 0. The lowest BCUT2D eigenvalue weighted by Crippen LogP contribution is -2.47. The minimum absolute atomic E-state index is 0.168. The van der Waals surface area contributed by atoms with Gasteiger partial charge in [0, 0.05) is 36.2 Å². The zero-order valence-electron chi connectivity index (χ0n) is 11.2. The first-order chi connectivity index (χ1) is 9.19. The fourth-order valence-electron chi connectivity index (χ4n) is 2.43. The number of amides is 1. The number of pyridine rings is 1. The molecule has 5 heteroatoms. The molecule has 1 fully saturated rings. The number of nitrogens with one attached hydrogen (secondary N) is 1. The Bertz CT molecular complexity index is 438. The summed E-state index contributed by atoms with van der Waals surface area (Å²) in [5.74, 6) is 0.168. The summed E-state index contributed by atoms with van der Waals surface area (Å²) in [5.41, 5.74) is 1.11. The van der Waals surface area contributed by atoms with Crippen molar-refractivity contribution in [3.63, 3.8) is 0 Å². The zero-order chi connectivity index (χ0) is 13.7. The van der Waals surface area contributed by atoms with E-state index in [0.717, 1.165) is 42.5 Å². The number of anilines is 1. The molecule has 1 aromatic heterocycles. The van der Waals surface area contributed by atoms with Crippen molar-refractivity contribution in [3.8, 4) is 0 Å². The number of nitrogens with zero attached hydrogens (tertiary/aromatic N) is 2. The lowest BCUT2D eigenvalue weighted by Gasteiger charge is -2.34. The molecule has 0 unspecified atom stereocenters. The third kappa shape index (κ3) is 4.20. The van der Waals surface area contributed by atoms with Crippen molar-refractivity contribution in [1.82, 2.24) is 10.3 Å². The molecular weight excluding hydrogens is 306 g/mol. The molecule has 1 atom stereocenters. The molecule has 104 valence electrons. The summed E-state index contributed by atoms with van der Waals surface area (Å²) in [6.07, 6.45) is 7.35. The number of aromatic nitrogens is 1. The van der Waals surface area contributed by atoms with Gasteiger partial charge in [-0.1, -0.05) is 6.92 Å². The standard InChI is InChI=1S/C14H20BrN3O/c1-2-4-14(19)17-12-5-3-6-18(10-12)13-7-11(15)8-16-9-13/h7-9,12H,2-6,10H2,1H3,(H,17,19)/t12-/m0/s1. The van der Waals surface area contributed by atoms with Gasteiger partial charge in [-0.05, 0) is 41.3 Å². The van der Waals surface area contributed by atoms with Crippen LogP contribution in [0.15, 0.2) is 22.9 Å². The van der Waals surface area contributed by atoms with Crippen LogP contribution in [-0.4, -0.2) is 30.0 Å². The number of rotatable bonds is 4. The molecule has 0 aliphatic carbocycles. The van der Waals surface area contributed by atoms with Crippen molar-refractivity contribution in [2.75, 3.05) is 18.0 Å². The molecular formula is C14H20BrN3O. The fourth-order valence-corrected chi connectivity index (χ4v) is 2.78. The Kier molecular flexibility index (Phi) is 5.19. The number of carbonyl (C=O) groups excluding carboxylic acids is 1. The van der Waals surface area contributed by atoms with E-state index in [1.54, 1.807) is 6.20 Å². The van der Waals surface area contributed by atoms with Gasteiger partial charge in [0.1, 0.15) is 0 Å². The van der Waals surface area contributed by atoms with Crippen LogP contribution in [0.2, 0.25) is 0 Å². The Morgan fingerprint density at radius 2 is 2.42 bits per heavy atom. The van der Waals surface area contributed by atoms with Crippen LogP contribution in [0.1, 0.15) is 32.6 Å². The van der Waals surface area contributed by atoms with Crippen molar-refractivity contribution in [3.05, 3.63) is 22.9 Å². The molecule has 1 aromatic rings. The number of halogens is 1. The van der Waals surface area contributed by atoms with Crippen LogP contribution >= 0.6 is 15.9 Å². The quantitative estimate of drug-likeness (QED) is 0.925. The van der Waals surface area contributed by atoms with Crippen molar-refractivity contribution < 1.29 is 4.79 Å². The maximum Gasteiger partial charge on any atom is 0.220 e. The Hall–Kier alpha value is -1.10. The van der Waals surface area contributed by atoms with E-state index in [9.17, 15) is 4.79 Å². The number of hydrogen-bond acceptors (Lipinski definition) is 3. The maximum absolute atomic E-state index is 11.7. The summed E-state index contributed by atoms with van der Waals surface area (Å²) in [6.45, 7) is 3.92. The van der Waals surface area contributed by atoms with Gasteiger partial charge in [0.05, 0.1) is 11.9 Å². The van der Waals surface area contributed by atoms with Gasteiger partial charge in [-0.2, -0.15) is 0 Å². The van der Waals surface area contributed by atoms with Gasteiger partial charge in [-0.15, -0.1) is 0 Å². The second-order valence-electron chi connectivity index (χ2n) is 4.96. The van der Waals surface area contributed by atoms with Crippen LogP contribution in [0.5, 0.6) is 0 Å². The van der Waals surface area contributed by atoms with E-state index in [1.165, 1.54) is 0 Å². The van der Waals surface area contributed by atoms with Crippen LogP contribution in [0.4, 0.5) is 5.69 Å². The predicted molar refractivity (Wildman–Crippen MR) is 80.2 cm³/mol. The second kappa shape index (κ2) is 6.89. The van der Waals surface area contributed by atoms with E-state index in [-0.39, 0.29) is 11.9 Å². The van der Waals surface area contributed by atoms with E-state index in [2.05, 4.69) is 37.2 Å². The highest BCUT2D eigenvalue weighted by molar-refractivity contribution is 9.10. The van der Waals surface area contributed by atoms with Gasteiger partial charge >= 0.3 is 0 Å². The van der Waals surface area contributed by atoms with Crippen molar-refractivity contribution >= 4 is 27.5 Å². The summed E-state index contributed by atoms with van der Waals surface area (Å²) >= 11 is 3.45. The molecule has 0 saturated carbocycles. The molecule has 1 aliphatic rings. The second-order valence-corrected chi connectivity index (χ2v) is 5.88. The summed E-state index contributed by atoms with van der Waals surface area (Å²) < 4.78 is 0.988.